The summed E-state index contributed by atoms with van der Waals surface area (Å²) in [6.45, 7) is 9.30. The number of nitrogens with zero attached hydrogens (tertiary/aromatic N) is 3. The van der Waals surface area contributed by atoms with Crippen LogP contribution in [0.2, 0.25) is 5.02 Å². The van der Waals surface area contributed by atoms with E-state index in [1.54, 1.807) is 51.2 Å². The van der Waals surface area contributed by atoms with Crippen LogP contribution < -0.4 is 15.8 Å². The second-order valence-corrected chi connectivity index (χ2v) is 13.7. The van der Waals surface area contributed by atoms with Crippen molar-refractivity contribution < 1.29 is 22.3 Å². The van der Waals surface area contributed by atoms with Gasteiger partial charge >= 0.3 is 6.09 Å². The molecule has 45 heavy (non-hydrogen) atoms. The smallest absolute Gasteiger partial charge is 0.412 e. The molecule has 0 aliphatic carbocycles. The average molecular weight is 651 g/mol. The number of imidazole rings is 1. The molecule has 4 N–H and O–H groups in total. The van der Waals surface area contributed by atoms with Crippen LogP contribution in [0.3, 0.4) is 0 Å². The maximum atomic E-state index is 15.4. The van der Waals surface area contributed by atoms with Gasteiger partial charge in [-0.15, -0.1) is 0 Å². The van der Waals surface area contributed by atoms with Crippen molar-refractivity contribution in [3.05, 3.63) is 89.6 Å². The van der Waals surface area contributed by atoms with Crippen LogP contribution in [0.25, 0.3) is 28.0 Å². The first-order valence-electron chi connectivity index (χ1n) is 14.0. The molecule has 0 unspecified atom stereocenters. The van der Waals surface area contributed by atoms with E-state index in [2.05, 4.69) is 15.0 Å². The highest BCUT2D eigenvalue weighted by Crippen LogP contribution is 2.36. The molecule has 0 radical (unpaired) electrons. The summed E-state index contributed by atoms with van der Waals surface area (Å²) in [5.74, 6) is -0.0400. The number of carbonyl (C=O) groups is 1. The molecule has 1 amide bonds. The van der Waals surface area contributed by atoms with Crippen LogP contribution in [0.4, 0.5) is 26.4 Å². The van der Waals surface area contributed by atoms with Crippen molar-refractivity contribution in [2.75, 3.05) is 15.8 Å². The van der Waals surface area contributed by atoms with Gasteiger partial charge in [-0.2, -0.15) is 0 Å². The summed E-state index contributed by atoms with van der Waals surface area (Å²) in [5, 5.41) is 2.73. The zero-order valence-electron chi connectivity index (χ0n) is 25.2. The number of rotatable bonds is 7. The Morgan fingerprint density at radius 2 is 1.71 bits per heavy atom. The van der Waals surface area contributed by atoms with Gasteiger partial charge in [0.15, 0.2) is 0 Å². The highest BCUT2D eigenvalue weighted by molar-refractivity contribution is 7.92. The Bertz CT molecular complexity index is 2020. The van der Waals surface area contributed by atoms with Gasteiger partial charge in [-0.05, 0) is 57.2 Å². The van der Waals surface area contributed by atoms with E-state index in [1.165, 1.54) is 30.3 Å². The lowest BCUT2D eigenvalue weighted by molar-refractivity contribution is 0.0636. The van der Waals surface area contributed by atoms with Crippen LogP contribution in [-0.2, 0) is 14.8 Å². The summed E-state index contributed by atoms with van der Waals surface area (Å²) in [6, 6.07) is 17.1. The Labute approximate surface area is 265 Å². The number of sulfonamides is 1. The molecular weight excluding hydrogens is 619 g/mol. The van der Waals surface area contributed by atoms with Gasteiger partial charge in [-0.3, -0.25) is 14.4 Å². The molecule has 0 aliphatic heterocycles. The lowest BCUT2D eigenvalue weighted by Gasteiger charge is -2.19. The molecule has 0 saturated heterocycles. The molecule has 234 valence electrons. The Kier molecular flexibility index (Phi) is 8.47. The van der Waals surface area contributed by atoms with Crippen molar-refractivity contribution in [1.82, 2.24) is 14.4 Å². The fourth-order valence-electron chi connectivity index (χ4n) is 4.71. The Balaban J connectivity index is 1.53. The summed E-state index contributed by atoms with van der Waals surface area (Å²) in [5.41, 5.74) is 8.71. The second-order valence-electron chi connectivity index (χ2n) is 11.6. The van der Waals surface area contributed by atoms with E-state index >= 15 is 4.39 Å². The molecule has 0 fully saturated rings. The number of nitrogens with one attached hydrogen (secondary N) is 2. The number of nitrogen functional groups attached to an aromatic ring is 1. The van der Waals surface area contributed by atoms with Gasteiger partial charge in [0.2, 0.25) is 0 Å². The van der Waals surface area contributed by atoms with Crippen LogP contribution in [0.5, 0.6) is 0 Å². The molecule has 0 saturated carbocycles. The number of hydrogen-bond donors (Lipinski definition) is 3. The molecule has 5 aromatic rings. The first-order valence-corrected chi connectivity index (χ1v) is 15.9. The van der Waals surface area contributed by atoms with Crippen molar-refractivity contribution in [2.45, 2.75) is 51.0 Å². The number of ether oxygens (including phenoxy) is 1. The van der Waals surface area contributed by atoms with Gasteiger partial charge in [-0.25, -0.2) is 27.6 Å². The topological polar surface area (TPSA) is 141 Å². The van der Waals surface area contributed by atoms with E-state index in [-0.39, 0.29) is 27.3 Å². The highest BCUT2D eigenvalue weighted by atomic mass is 35.5. The molecule has 0 aliphatic rings. The zero-order valence-corrected chi connectivity index (χ0v) is 26.8. The third-order valence-electron chi connectivity index (χ3n) is 6.67. The van der Waals surface area contributed by atoms with Crippen LogP contribution >= 0.6 is 11.6 Å². The average Bonchev–Trinajstić information content (AvgIpc) is 3.36. The summed E-state index contributed by atoms with van der Waals surface area (Å²) in [6.07, 6.45) is 1.06. The Morgan fingerprint density at radius 3 is 2.33 bits per heavy atom. The van der Waals surface area contributed by atoms with E-state index in [4.69, 9.17) is 27.1 Å². The standard InChI is InChI=1S/C32H32ClFN6O4S/c1-18(2)30-38-27(20-12-15-24(23(34)16-20)39-45(42,43)26-9-7-6-8-22(26)33)28-29(35)36-17-25(40(28)30)19-10-13-21(14-11-19)37-31(41)44-32(3,4)5/h6-18,39H,1-5H3,(H2,35,36)(H,37,41). The number of anilines is 3. The monoisotopic (exact) mass is 650 g/mol. The second kappa shape index (κ2) is 12.0. The van der Waals surface area contributed by atoms with E-state index in [0.29, 0.717) is 34.0 Å². The summed E-state index contributed by atoms with van der Waals surface area (Å²) in [7, 11) is -4.15. The molecule has 0 atom stereocenters. The molecule has 5 rings (SSSR count). The van der Waals surface area contributed by atoms with Crippen molar-refractivity contribution in [3.8, 4) is 22.5 Å². The lowest BCUT2D eigenvalue weighted by atomic mass is 10.1. The van der Waals surface area contributed by atoms with Crippen LogP contribution in [0.1, 0.15) is 46.4 Å². The largest absolute Gasteiger partial charge is 0.444 e. The maximum absolute atomic E-state index is 15.4. The number of aromatic nitrogens is 3. The Morgan fingerprint density at radius 1 is 1.04 bits per heavy atom. The fraction of sp³-hybridized carbons (Fsp3) is 0.219. The molecule has 10 nitrogen and oxygen atoms in total. The number of fused-ring (bicyclic) bond motifs is 1. The van der Waals surface area contributed by atoms with E-state index in [9.17, 15) is 13.2 Å². The van der Waals surface area contributed by atoms with Gasteiger partial charge in [0, 0.05) is 22.7 Å². The molecule has 3 aromatic carbocycles. The predicted octanol–water partition coefficient (Wildman–Crippen LogP) is 7.71. The van der Waals surface area contributed by atoms with Crippen molar-refractivity contribution in [1.29, 1.82) is 0 Å². The molecule has 13 heteroatoms. The minimum Gasteiger partial charge on any atom is -0.444 e. The number of amides is 1. The van der Waals surface area contributed by atoms with Gasteiger partial charge < -0.3 is 10.5 Å². The maximum Gasteiger partial charge on any atom is 0.412 e. The highest BCUT2D eigenvalue weighted by Gasteiger charge is 2.24. The van der Waals surface area contributed by atoms with Gasteiger partial charge in [0.05, 0.1) is 22.6 Å². The van der Waals surface area contributed by atoms with Crippen molar-refractivity contribution >= 4 is 50.4 Å². The first kappa shape index (κ1) is 31.7. The number of carbonyl (C=O) groups excluding carboxylic acids is 1. The third kappa shape index (κ3) is 6.71. The summed E-state index contributed by atoms with van der Waals surface area (Å²) >= 11 is 6.06. The van der Waals surface area contributed by atoms with E-state index in [1.807, 2.05) is 30.4 Å². The first-order chi connectivity index (χ1) is 21.1. The minimum atomic E-state index is -4.15. The number of nitrogens with two attached hydrogens (primary N) is 1. The molecule has 2 aromatic heterocycles. The minimum absolute atomic E-state index is 0.0143. The van der Waals surface area contributed by atoms with Gasteiger partial charge in [0.1, 0.15) is 39.2 Å². The Hall–Kier alpha value is -4.68. The SMILES string of the molecule is CC(C)c1nc(-c2ccc(NS(=O)(=O)c3ccccc3Cl)c(F)c2)c2c(N)ncc(-c3ccc(NC(=O)OC(C)(C)C)cc3)n12. The normalized spacial score (nSPS) is 12.0. The van der Waals surface area contributed by atoms with E-state index < -0.39 is 27.5 Å². The van der Waals surface area contributed by atoms with Gasteiger partial charge in [0.25, 0.3) is 10.0 Å². The summed E-state index contributed by atoms with van der Waals surface area (Å²) in [4.78, 5) is 21.3. The zero-order chi connectivity index (χ0) is 32.7. The van der Waals surface area contributed by atoms with Gasteiger partial charge in [-0.1, -0.05) is 55.8 Å². The van der Waals surface area contributed by atoms with Crippen LogP contribution in [0.15, 0.2) is 77.8 Å². The molecule has 2 heterocycles. The van der Waals surface area contributed by atoms with Crippen molar-refractivity contribution in [3.63, 3.8) is 0 Å². The molecule has 0 spiro atoms. The van der Waals surface area contributed by atoms with Crippen molar-refractivity contribution in [2.24, 2.45) is 0 Å². The number of benzene rings is 3. The van der Waals surface area contributed by atoms with E-state index in [0.717, 1.165) is 5.56 Å². The fourth-order valence-corrected chi connectivity index (χ4v) is 6.30. The molecular formula is C32H32ClFN6O4S. The number of hydrogen-bond acceptors (Lipinski definition) is 7. The molecule has 0 bridgehead atoms. The quantitative estimate of drug-likeness (QED) is 0.164. The van der Waals surface area contributed by atoms with Crippen LogP contribution in [0, 0.1) is 5.82 Å². The number of halogens is 2. The van der Waals surface area contributed by atoms with Crippen LogP contribution in [-0.4, -0.2) is 34.5 Å². The third-order valence-corrected chi connectivity index (χ3v) is 8.53. The lowest BCUT2D eigenvalue weighted by Crippen LogP contribution is -2.27. The summed E-state index contributed by atoms with van der Waals surface area (Å²) < 4.78 is 50.7. The predicted molar refractivity (Wildman–Crippen MR) is 174 cm³/mol.